The summed E-state index contributed by atoms with van der Waals surface area (Å²) in [5.41, 5.74) is 5.22. The van der Waals surface area contributed by atoms with Crippen LogP contribution in [0.4, 0.5) is 4.79 Å². The Hall–Kier alpha value is -1.34. The monoisotopic (exact) mass is 301 g/mol. The number of nitrogens with two attached hydrogens (primary N) is 1. The average molecular weight is 301 g/mol. The third-order valence-corrected chi connectivity index (χ3v) is 3.25. The van der Waals surface area contributed by atoms with Crippen LogP contribution in [0, 0.1) is 0 Å². The molecule has 7 nitrogen and oxygen atoms in total. The Bertz CT molecular complexity index is 368. The molecule has 0 aromatic carbocycles. The predicted octanol–water partition coefficient (Wildman–Crippen LogP) is 0.430. The van der Waals surface area contributed by atoms with Crippen LogP contribution in [0.3, 0.4) is 0 Å². The molecule has 1 rings (SSSR count). The number of hydrogen-bond acceptors (Lipinski definition) is 5. The smallest absolute Gasteiger partial charge is 0.410 e. The van der Waals surface area contributed by atoms with E-state index < -0.39 is 5.60 Å². The molecule has 0 bridgehead atoms. The quantitative estimate of drug-likeness (QED) is 0.814. The number of piperazine rings is 1. The first kappa shape index (κ1) is 17.7. The summed E-state index contributed by atoms with van der Waals surface area (Å²) >= 11 is 0. The minimum atomic E-state index is -0.527. The van der Waals surface area contributed by atoms with Crippen molar-refractivity contribution in [1.29, 1.82) is 0 Å². The van der Waals surface area contributed by atoms with Gasteiger partial charge < -0.3 is 25.0 Å². The van der Waals surface area contributed by atoms with Gasteiger partial charge >= 0.3 is 6.09 Å². The van der Waals surface area contributed by atoms with Gasteiger partial charge in [-0.05, 0) is 20.8 Å². The maximum atomic E-state index is 12.1. The fourth-order valence-corrected chi connectivity index (χ4v) is 2.21. The molecule has 2 N–H and O–H groups in total. The topological polar surface area (TPSA) is 85.1 Å². The molecule has 1 saturated heterocycles. The highest BCUT2D eigenvalue weighted by Crippen LogP contribution is 2.15. The van der Waals surface area contributed by atoms with Gasteiger partial charge in [-0.2, -0.15) is 0 Å². The SMILES string of the molecule is COCCC(=O)N1CCN(C(=O)OC(C)(C)C)CC1CN. The van der Waals surface area contributed by atoms with Crippen LogP contribution < -0.4 is 5.73 Å². The Balaban J connectivity index is 2.60. The molecule has 1 aliphatic heterocycles. The molecule has 0 spiro atoms. The number of nitrogens with zero attached hydrogens (tertiary/aromatic N) is 2. The van der Waals surface area contributed by atoms with Crippen LogP contribution in [-0.2, 0) is 14.3 Å². The summed E-state index contributed by atoms with van der Waals surface area (Å²) in [6, 6.07) is -0.171. The molecule has 0 aromatic rings. The third kappa shape index (κ3) is 5.51. The summed E-state index contributed by atoms with van der Waals surface area (Å²) in [5.74, 6) is 0.0103. The minimum absolute atomic E-state index is 0.0103. The van der Waals surface area contributed by atoms with Crippen molar-refractivity contribution in [2.24, 2.45) is 5.73 Å². The van der Waals surface area contributed by atoms with E-state index in [9.17, 15) is 9.59 Å². The Morgan fingerprint density at radius 1 is 1.29 bits per heavy atom. The minimum Gasteiger partial charge on any atom is -0.444 e. The van der Waals surface area contributed by atoms with E-state index in [2.05, 4.69) is 0 Å². The molecule has 0 saturated carbocycles. The first-order valence-electron chi connectivity index (χ1n) is 7.25. The molecule has 1 fully saturated rings. The molecule has 0 aliphatic carbocycles. The summed E-state index contributed by atoms with van der Waals surface area (Å²) in [6.45, 7) is 7.54. The zero-order valence-corrected chi connectivity index (χ0v) is 13.4. The van der Waals surface area contributed by atoms with Gasteiger partial charge in [-0.25, -0.2) is 4.79 Å². The van der Waals surface area contributed by atoms with Gasteiger partial charge in [0, 0.05) is 33.3 Å². The number of amides is 2. The molecular formula is C14H27N3O4. The molecule has 122 valence electrons. The van der Waals surface area contributed by atoms with Crippen molar-refractivity contribution >= 4 is 12.0 Å². The van der Waals surface area contributed by atoms with E-state index in [4.69, 9.17) is 15.2 Å². The zero-order chi connectivity index (χ0) is 16.0. The maximum absolute atomic E-state index is 12.1. The largest absolute Gasteiger partial charge is 0.444 e. The van der Waals surface area contributed by atoms with Crippen molar-refractivity contribution in [1.82, 2.24) is 9.80 Å². The van der Waals surface area contributed by atoms with Gasteiger partial charge in [0.15, 0.2) is 0 Å². The van der Waals surface area contributed by atoms with Crippen LogP contribution in [0.2, 0.25) is 0 Å². The number of carbonyl (C=O) groups excluding carboxylic acids is 2. The molecule has 1 heterocycles. The van der Waals surface area contributed by atoms with E-state index in [1.54, 1.807) is 16.9 Å². The van der Waals surface area contributed by atoms with Crippen molar-refractivity contribution in [3.8, 4) is 0 Å². The molecule has 0 radical (unpaired) electrons. The van der Waals surface area contributed by atoms with Crippen LogP contribution in [-0.4, -0.2) is 73.3 Å². The zero-order valence-electron chi connectivity index (χ0n) is 13.4. The average Bonchev–Trinajstić information content (AvgIpc) is 2.42. The Kier molecular flexibility index (Phi) is 6.42. The fourth-order valence-electron chi connectivity index (χ4n) is 2.21. The van der Waals surface area contributed by atoms with Gasteiger partial charge in [-0.1, -0.05) is 0 Å². The molecule has 1 aliphatic rings. The lowest BCUT2D eigenvalue weighted by Crippen LogP contribution is -2.59. The Morgan fingerprint density at radius 3 is 2.48 bits per heavy atom. The molecule has 7 heteroatoms. The Morgan fingerprint density at radius 2 is 1.95 bits per heavy atom. The number of methoxy groups -OCH3 is 1. The lowest BCUT2D eigenvalue weighted by atomic mass is 10.1. The highest BCUT2D eigenvalue weighted by Gasteiger charge is 2.33. The van der Waals surface area contributed by atoms with Crippen molar-refractivity contribution in [2.45, 2.75) is 38.8 Å². The second-order valence-electron chi connectivity index (χ2n) is 6.15. The van der Waals surface area contributed by atoms with Crippen molar-refractivity contribution in [2.75, 3.05) is 39.9 Å². The van der Waals surface area contributed by atoms with Gasteiger partial charge in [-0.15, -0.1) is 0 Å². The summed E-state index contributed by atoms with van der Waals surface area (Å²) < 4.78 is 10.3. The summed E-state index contributed by atoms with van der Waals surface area (Å²) in [7, 11) is 1.56. The standard InChI is InChI=1S/C14H27N3O4/c1-14(2,3)21-13(19)16-6-7-17(11(9-15)10-16)12(18)5-8-20-4/h11H,5-10,15H2,1-4H3. The molecule has 21 heavy (non-hydrogen) atoms. The Labute approximate surface area is 126 Å². The van der Waals surface area contributed by atoms with Gasteiger partial charge in [0.05, 0.1) is 19.1 Å². The lowest BCUT2D eigenvalue weighted by Gasteiger charge is -2.41. The van der Waals surface area contributed by atoms with Gasteiger partial charge in [0.25, 0.3) is 0 Å². The maximum Gasteiger partial charge on any atom is 0.410 e. The van der Waals surface area contributed by atoms with Gasteiger partial charge in [0.1, 0.15) is 5.60 Å². The lowest BCUT2D eigenvalue weighted by molar-refractivity contribution is -0.136. The molecule has 2 amide bonds. The molecular weight excluding hydrogens is 274 g/mol. The third-order valence-electron chi connectivity index (χ3n) is 3.25. The van der Waals surface area contributed by atoms with Gasteiger partial charge in [0.2, 0.25) is 5.91 Å². The van der Waals surface area contributed by atoms with E-state index in [0.29, 0.717) is 39.2 Å². The number of rotatable bonds is 4. The van der Waals surface area contributed by atoms with E-state index >= 15 is 0 Å². The fraction of sp³-hybridized carbons (Fsp3) is 0.857. The molecule has 1 atom stereocenters. The van der Waals surface area contributed by atoms with Crippen molar-refractivity contribution in [3.05, 3.63) is 0 Å². The van der Waals surface area contributed by atoms with Crippen LogP contribution in [0.25, 0.3) is 0 Å². The van der Waals surface area contributed by atoms with Crippen molar-refractivity contribution in [3.63, 3.8) is 0 Å². The first-order valence-corrected chi connectivity index (χ1v) is 7.25. The number of hydrogen-bond donors (Lipinski definition) is 1. The second kappa shape index (κ2) is 7.61. The highest BCUT2D eigenvalue weighted by molar-refractivity contribution is 5.77. The summed E-state index contributed by atoms with van der Waals surface area (Å²) in [4.78, 5) is 27.5. The molecule has 0 aromatic heterocycles. The first-order chi connectivity index (χ1) is 9.78. The van der Waals surface area contributed by atoms with Crippen LogP contribution >= 0.6 is 0 Å². The summed E-state index contributed by atoms with van der Waals surface area (Å²) in [6.07, 6.45) is -0.0238. The van der Waals surface area contributed by atoms with Crippen molar-refractivity contribution < 1.29 is 19.1 Å². The van der Waals surface area contributed by atoms with E-state index in [1.165, 1.54) is 0 Å². The van der Waals surface area contributed by atoms with Gasteiger partial charge in [-0.3, -0.25) is 4.79 Å². The second-order valence-corrected chi connectivity index (χ2v) is 6.15. The van der Waals surface area contributed by atoms with E-state index in [1.807, 2.05) is 20.8 Å². The molecule has 1 unspecified atom stereocenters. The van der Waals surface area contributed by atoms with Crippen LogP contribution in [0.15, 0.2) is 0 Å². The number of carbonyl (C=O) groups is 2. The predicted molar refractivity (Wildman–Crippen MR) is 78.9 cm³/mol. The highest BCUT2D eigenvalue weighted by atomic mass is 16.6. The van der Waals surface area contributed by atoms with E-state index in [0.717, 1.165) is 0 Å². The number of ether oxygens (including phenoxy) is 2. The normalized spacial score (nSPS) is 19.6. The van der Waals surface area contributed by atoms with E-state index in [-0.39, 0.29) is 18.0 Å². The van der Waals surface area contributed by atoms with Crippen LogP contribution in [0.1, 0.15) is 27.2 Å². The van der Waals surface area contributed by atoms with Crippen LogP contribution in [0.5, 0.6) is 0 Å². The summed E-state index contributed by atoms with van der Waals surface area (Å²) in [5, 5.41) is 0.